The monoisotopic (exact) mass is 379 g/mol. The smallest absolute Gasteiger partial charge is 0.252 e. The van der Waals surface area contributed by atoms with E-state index in [1.54, 1.807) is 29.0 Å². The summed E-state index contributed by atoms with van der Waals surface area (Å²) in [6, 6.07) is 5.27. The minimum absolute atomic E-state index is 0.0738. The van der Waals surface area contributed by atoms with E-state index in [1.807, 2.05) is 13.0 Å². The summed E-state index contributed by atoms with van der Waals surface area (Å²) < 4.78 is 38.1. The van der Waals surface area contributed by atoms with Crippen molar-refractivity contribution in [3.05, 3.63) is 41.5 Å². The first kappa shape index (κ1) is 16.5. The van der Waals surface area contributed by atoms with Gasteiger partial charge in [-0.15, -0.1) is 21.5 Å². The molecule has 0 atom stereocenters. The molecule has 0 aromatic carbocycles. The molecular formula is C16H17N3O4S2. The summed E-state index contributed by atoms with van der Waals surface area (Å²) in [5.74, 6) is 1.05. The minimum Gasteiger partial charge on any atom is -0.472 e. The predicted molar refractivity (Wildman–Crippen MR) is 91.8 cm³/mol. The fourth-order valence-corrected chi connectivity index (χ4v) is 5.83. The number of rotatable bonds is 4. The van der Waals surface area contributed by atoms with E-state index >= 15 is 0 Å². The van der Waals surface area contributed by atoms with E-state index in [9.17, 15) is 8.42 Å². The molecular weight excluding hydrogens is 362 g/mol. The average molecular weight is 379 g/mol. The van der Waals surface area contributed by atoms with Crippen LogP contribution in [-0.2, 0) is 10.0 Å². The standard InChI is InChI=1S/C16H17N3O4S2/c1-11-2-3-14(24-11)25(20,21)19-7-4-12(5-8-19)15-17-18-16(23-15)13-6-9-22-10-13/h2-3,6,9-10,12H,4-5,7-8H2,1H3. The molecule has 0 N–H and O–H groups in total. The number of hydrogen-bond acceptors (Lipinski definition) is 7. The highest BCUT2D eigenvalue weighted by Gasteiger charge is 2.32. The summed E-state index contributed by atoms with van der Waals surface area (Å²) in [6.07, 6.45) is 4.43. The molecule has 3 aromatic rings. The van der Waals surface area contributed by atoms with E-state index in [0.717, 1.165) is 10.4 Å². The fourth-order valence-electron chi connectivity index (χ4n) is 2.92. The molecule has 1 aliphatic rings. The molecule has 1 aliphatic heterocycles. The average Bonchev–Trinajstić information content (AvgIpc) is 3.35. The predicted octanol–water partition coefficient (Wildman–Crippen LogP) is 3.27. The van der Waals surface area contributed by atoms with Crippen molar-refractivity contribution in [2.45, 2.75) is 29.9 Å². The highest BCUT2D eigenvalue weighted by molar-refractivity contribution is 7.91. The molecule has 0 bridgehead atoms. The van der Waals surface area contributed by atoms with Gasteiger partial charge in [-0.1, -0.05) is 0 Å². The third-order valence-corrected chi connectivity index (χ3v) is 7.69. The quantitative estimate of drug-likeness (QED) is 0.691. The van der Waals surface area contributed by atoms with Gasteiger partial charge in [0.25, 0.3) is 15.9 Å². The van der Waals surface area contributed by atoms with Crippen molar-refractivity contribution in [2.24, 2.45) is 0 Å². The zero-order valence-electron chi connectivity index (χ0n) is 13.6. The molecule has 1 fully saturated rings. The van der Waals surface area contributed by atoms with E-state index < -0.39 is 10.0 Å². The molecule has 0 unspecified atom stereocenters. The second kappa shape index (κ2) is 6.40. The maximum absolute atomic E-state index is 12.7. The molecule has 9 heteroatoms. The molecule has 7 nitrogen and oxygen atoms in total. The van der Waals surface area contributed by atoms with Gasteiger partial charge in [0.2, 0.25) is 5.89 Å². The van der Waals surface area contributed by atoms with Crippen molar-refractivity contribution in [2.75, 3.05) is 13.1 Å². The number of thiophene rings is 1. The fraction of sp³-hybridized carbons (Fsp3) is 0.375. The van der Waals surface area contributed by atoms with Crippen LogP contribution in [0.1, 0.15) is 29.5 Å². The van der Waals surface area contributed by atoms with Gasteiger partial charge in [0.1, 0.15) is 10.5 Å². The summed E-state index contributed by atoms with van der Waals surface area (Å²) in [6.45, 7) is 2.81. The van der Waals surface area contributed by atoms with Gasteiger partial charge in [-0.2, -0.15) is 4.31 Å². The second-order valence-electron chi connectivity index (χ2n) is 6.00. The van der Waals surface area contributed by atoms with E-state index in [4.69, 9.17) is 8.83 Å². The Balaban J connectivity index is 1.45. The first-order chi connectivity index (χ1) is 12.0. The highest BCUT2D eigenvalue weighted by atomic mass is 32.2. The van der Waals surface area contributed by atoms with E-state index in [0.29, 0.717) is 41.9 Å². The topological polar surface area (TPSA) is 89.4 Å². The first-order valence-corrected chi connectivity index (χ1v) is 10.2. The lowest BCUT2D eigenvalue weighted by Gasteiger charge is -2.29. The molecule has 4 rings (SSSR count). The van der Waals surface area contributed by atoms with Crippen molar-refractivity contribution in [1.29, 1.82) is 0 Å². The third-order valence-electron chi connectivity index (χ3n) is 4.32. The van der Waals surface area contributed by atoms with Gasteiger partial charge in [-0.3, -0.25) is 0 Å². The summed E-state index contributed by atoms with van der Waals surface area (Å²) in [5, 5.41) is 8.17. The molecule has 132 valence electrons. The Kier molecular flexibility index (Phi) is 4.22. The van der Waals surface area contributed by atoms with Gasteiger partial charge >= 0.3 is 0 Å². The van der Waals surface area contributed by atoms with E-state index in [2.05, 4.69) is 10.2 Å². The van der Waals surface area contributed by atoms with E-state index in [-0.39, 0.29) is 5.92 Å². The van der Waals surface area contributed by atoms with Crippen LogP contribution in [0.5, 0.6) is 0 Å². The number of hydrogen-bond donors (Lipinski definition) is 0. The number of sulfonamides is 1. The van der Waals surface area contributed by atoms with Gasteiger partial charge < -0.3 is 8.83 Å². The lowest BCUT2D eigenvalue weighted by molar-refractivity contribution is 0.292. The summed E-state index contributed by atoms with van der Waals surface area (Å²) >= 11 is 1.31. The Hall–Kier alpha value is -1.97. The van der Waals surface area contributed by atoms with Gasteiger partial charge in [0.15, 0.2) is 0 Å². The summed E-state index contributed by atoms with van der Waals surface area (Å²) in [5.41, 5.74) is 0.742. The second-order valence-corrected chi connectivity index (χ2v) is 9.45. The Labute approximate surface area is 149 Å². The number of piperidine rings is 1. The molecule has 0 spiro atoms. The Morgan fingerprint density at radius 1 is 1.20 bits per heavy atom. The number of aryl methyl sites for hydroxylation is 1. The third kappa shape index (κ3) is 3.14. The van der Waals surface area contributed by atoms with Crippen molar-refractivity contribution >= 4 is 21.4 Å². The van der Waals surface area contributed by atoms with Gasteiger partial charge in [0.05, 0.1) is 11.8 Å². The van der Waals surface area contributed by atoms with Gasteiger partial charge in [-0.25, -0.2) is 8.42 Å². The Bertz CT molecular complexity index is 951. The highest BCUT2D eigenvalue weighted by Crippen LogP contribution is 2.33. The van der Waals surface area contributed by atoms with Crippen LogP contribution in [0.25, 0.3) is 11.5 Å². The SMILES string of the molecule is Cc1ccc(S(=O)(=O)N2CCC(c3nnc(-c4ccoc4)o3)CC2)s1. The van der Waals surface area contributed by atoms with Crippen LogP contribution in [0.15, 0.2) is 43.8 Å². The molecule has 25 heavy (non-hydrogen) atoms. The molecule has 0 aliphatic carbocycles. The molecule has 0 amide bonds. The maximum atomic E-state index is 12.7. The van der Waals surface area contributed by atoms with Crippen molar-refractivity contribution in [3.63, 3.8) is 0 Å². The summed E-state index contributed by atoms with van der Waals surface area (Å²) in [7, 11) is -3.40. The van der Waals surface area contributed by atoms with Crippen LogP contribution < -0.4 is 0 Å². The van der Waals surface area contributed by atoms with Crippen molar-refractivity contribution in [3.8, 4) is 11.5 Å². The van der Waals surface area contributed by atoms with Crippen LogP contribution in [0.4, 0.5) is 0 Å². The van der Waals surface area contributed by atoms with Gasteiger partial charge in [0, 0.05) is 23.9 Å². The number of nitrogens with zero attached hydrogens (tertiary/aromatic N) is 3. The molecule has 0 radical (unpaired) electrons. The number of aromatic nitrogens is 2. The largest absolute Gasteiger partial charge is 0.472 e. The Morgan fingerprint density at radius 3 is 2.64 bits per heavy atom. The molecule has 4 heterocycles. The van der Waals surface area contributed by atoms with Crippen LogP contribution in [-0.4, -0.2) is 36.0 Å². The zero-order valence-corrected chi connectivity index (χ0v) is 15.2. The van der Waals surface area contributed by atoms with Crippen molar-refractivity contribution in [1.82, 2.24) is 14.5 Å². The van der Waals surface area contributed by atoms with Gasteiger partial charge in [-0.05, 0) is 38.0 Å². The van der Waals surface area contributed by atoms with Crippen LogP contribution in [0.3, 0.4) is 0 Å². The molecule has 3 aromatic heterocycles. The van der Waals surface area contributed by atoms with Crippen LogP contribution in [0, 0.1) is 6.92 Å². The normalized spacial score (nSPS) is 17.2. The zero-order chi connectivity index (χ0) is 17.4. The number of furan rings is 1. The van der Waals surface area contributed by atoms with Crippen LogP contribution in [0.2, 0.25) is 0 Å². The summed E-state index contributed by atoms with van der Waals surface area (Å²) in [4.78, 5) is 0.992. The molecule has 1 saturated heterocycles. The maximum Gasteiger partial charge on any atom is 0.252 e. The molecule has 0 saturated carbocycles. The van der Waals surface area contributed by atoms with E-state index in [1.165, 1.54) is 11.3 Å². The van der Waals surface area contributed by atoms with Crippen molar-refractivity contribution < 1.29 is 17.3 Å². The lowest BCUT2D eigenvalue weighted by atomic mass is 9.98. The Morgan fingerprint density at radius 2 is 2.00 bits per heavy atom. The lowest BCUT2D eigenvalue weighted by Crippen LogP contribution is -2.37. The van der Waals surface area contributed by atoms with Crippen LogP contribution >= 0.6 is 11.3 Å². The minimum atomic E-state index is -3.40. The first-order valence-electron chi connectivity index (χ1n) is 7.96.